The summed E-state index contributed by atoms with van der Waals surface area (Å²) in [5.41, 5.74) is 6.63. The predicted molar refractivity (Wildman–Crippen MR) is 70.7 cm³/mol. The summed E-state index contributed by atoms with van der Waals surface area (Å²) < 4.78 is 0. The molecule has 3 nitrogen and oxygen atoms in total. The number of amides is 1. The van der Waals surface area contributed by atoms with E-state index >= 15 is 0 Å². The van der Waals surface area contributed by atoms with Crippen molar-refractivity contribution in [3.63, 3.8) is 0 Å². The second-order valence-corrected chi connectivity index (χ2v) is 4.28. The molecule has 0 aliphatic rings. The molecule has 0 bridgehead atoms. The van der Waals surface area contributed by atoms with Crippen LogP contribution in [-0.2, 0) is 11.2 Å². The zero-order chi connectivity index (χ0) is 12.5. The fraction of sp³-hybridized carbons (Fsp3) is 0.500. The second-order valence-electron chi connectivity index (χ2n) is 4.28. The Morgan fingerprint density at radius 1 is 1.29 bits per heavy atom. The molecule has 1 aromatic rings. The predicted octanol–water partition coefficient (Wildman–Crippen LogP) is 1.86. The summed E-state index contributed by atoms with van der Waals surface area (Å²) in [7, 11) is 0. The van der Waals surface area contributed by atoms with Gasteiger partial charge in [-0.2, -0.15) is 0 Å². The van der Waals surface area contributed by atoms with Gasteiger partial charge >= 0.3 is 0 Å². The lowest BCUT2D eigenvalue weighted by atomic mass is 10.0. The van der Waals surface area contributed by atoms with E-state index in [1.807, 2.05) is 18.2 Å². The molecule has 0 radical (unpaired) electrons. The summed E-state index contributed by atoms with van der Waals surface area (Å²) in [6, 6.07) is 10.6. The van der Waals surface area contributed by atoms with Gasteiger partial charge in [-0.1, -0.05) is 43.7 Å². The fourth-order valence-electron chi connectivity index (χ4n) is 1.91. The molecule has 0 heterocycles. The molecule has 1 rings (SSSR count). The monoisotopic (exact) mass is 234 g/mol. The van der Waals surface area contributed by atoms with Crippen molar-refractivity contribution in [2.24, 2.45) is 5.73 Å². The number of carbonyl (C=O) groups excluding carboxylic acids is 1. The van der Waals surface area contributed by atoms with Gasteiger partial charge in [0.25, 0.3) is 0 Å². The van der Waals surface area contributed by atoms with Gasteiger partial charge < -0.3 is 11.1 Å². The lowest BCUT2D eigenvalue weighted by Gasteiger charge is -2.17. The van der Waals surface area contributed by atoms with Crippen molar-refractivity contribution in [3.8, 4) is 0 Å². The average molecular weight is 234 g/mol. The highest BCUT2D eigenvalue weighted by atomic mass is 16.1. The van der Waals surface area contributed by atoms with Crippen molar-refractivity contribution < 1.29 is 4.79 Å². The lowest BCUT2D eigenvalue weighted by Crippen LogP contribution is -2.39. The van der Waals surface area contributed by atoms with Gasteiger partial charge in [0, 0.05) is 6.04 Å². The number of rotatable bonds is 7. The summed E-state index contributed by atoms with van der Waals surface area (Å²) in [6.07, 6.45) is 4.06. The zero-order valence-corrected chi connectivity index (χ0v) is 10.5. The van der Waals surface area contributed by atoms with Gasteiger partial charge in [0.05, 0.1) is 6.54 Å². The Bertz CT molecular complexity index is 324. The lowest BCUT2D eigenvalue weighted by molar-refractivity contribution is -0.120. The maximum Gasteiger partial charge on any atom is 0.233 e. The van der Waals surface area contributed by atoms with E-state index in [4.69, 9.17) is 5.73 Å². The van der Waals surface area contributed by atoms with Crippen LogP contribution in [0.5, 0.6) is 0 Å². The third-order valence-electron chi connectivity index (χ3n) is 2.81. The zero-order valence-electron chi connectivity index (χ0n) is 10.5. The van der Waals surface area contributed by atoms with Crippen LogP contribution in [0.3, 0.4) is 0 Å². The minimum Gasteiger partial charge on any atom is -0.352 e. The first-order chi connectivity index (χ1) is 8.26. The highest BCUT2D eigenvalue weighted by Crippen LogP contribution is 2.08. The number of nitrogens with two attached hydrogens (primary N) is 1. The molecule has 94 valence electrons. The van der Waals surface area contributed by atoms with Crippen LogP contribution in [0.1, 0.15) is 31.7 Å². The van der Waals surface area contributed by atoms with Crippen molar-refractivity contribution >= 4 is 5.91 Å². The molecule has 0 saturated heterocycles. The highest BCUT2D eigenvalue weighted by molar-refractivity contribution is 5.78. The molecule has 1 atom stereocenters. The molecule has 1 amide bonds. The quantitative estimate of drug-likeness (QED) is 0.756. The number of nitrogens with one attached hydrogen (secondary N) is 1. The maximum atomic E-state index is 11.3. The number of aryl methyl sites for hydroxylation is 1. The Morgan fingerprint density at radius 2 is 2.00 bits per heavy atom. The SMILES string of the molecule is CCCC(CCc1ccccc1)NC(=O)CN. The number of hydrogen-bond donors (Lipinski definition) is 2. The van der Waals surface area contributed by atoms with Crippen LogP contribution in [0.25, 0.3) is 0 Å². The number of benzene rings is 1. The maximum absolute atomic E-state index is 11.3. The molecular weight excluding hydrogens is 212 g/mol. The van der Waals surface area contributed by atoms with Crippen molar-refractivity contribution in [3.05, 3.63) is 35.9 Å². The summed E-state index contributed by atoms with van der Waals surface area (Å²) >= 11 is 0. The minimum atomic E-state index is -0.0588. The summed E-state index contributed by atoms with van der Waals surface area (Å²) in [4.78, 5) is 11.3. The minimum absolute atomic E-state index is 0.0588. The topological polar surface area (TPSA) is 55.1 Å². The molecule has 1 aromatic carbocycles. The van der Waals surface area contributed by atoms with E-state index in [-0.39, 0.29) is 18.5 Å². The second kappa shape index (κ2) is 7.85. The van der Waals surface area contributed by atoms with Crippen LogP contribution < -0.4 is 11.1 Å². The van der Waals surface area contributed by atoms with Crippen LogP contribution in [0, 0.1) is 0 Å². The first kappa shape index (κ1) is 13.7. The molecule has 3 heteroatoms. The Kier molecular flexibility index (Phi) is 6.33. The largest absolute Gasteiger partial charge is 0.352 e. The van der Waals surface area contributed by atoms with E-state index in [0.717, 1.165) is 25.7 Å². The third kappa shape index (κ3) is 5.50. The van der Waals surface area contributed by atoms with Crippen LogP contribution in [0.4, 0.5) is 0 Å². The summed E-state index contributed by atoms with van der Waals surface area (Å²) in [5, 5.41) is 2.97. The first-order valence-electron chi connectivity index (χ1n) is 6.29. The molecular formula is C14H22N2O. The van der Waals surface area contributed by atoms with E-state index in [2.05, 4.69) is 24.4 Å². The van der Waals surface area contributed by atoms with Crippen LogP contribution >= 0.6 is 0 Å². The Balaban J connectivity index is 2.41. The van der Waals surface area contributed by atoms with Gasteiger partial charge in [-0.3, -0.25) is 4.79 Å². The van der Waals surface area contributed by atoms with Gasteiger partial charge in [-0.05, 0) is 24.8 Å². The van der Waals surface area contributed by atoms with Gasteiger partial charge in [-0.15, -0.1) is 0 Å². The molecule has 3 N–H and O–H groups in total. The molecule has 0 saturated carbocycles. The van der Waals surface area contributed by atoms with Crippen molar-refractivity contribution in [2.75, 3.05) is 6.54 Å². The molecule has 1 unspecified atom stereocenters. The normalized spacial score (nSPS) is 12.1. The molecule has 17 heavy (non-hydrogen) atoms. The van der Waals surface area contributed by atoms with Gasteiger partial charge in [0.1, 0.15) is 0 Å². The third-order valence-corrected chi connectivity index (χ3v) is 2.81. The van der Waals surface area contributed by atoms with Crippen LogP contribution in [0.15, 0.2) is 30.3 Å². The molecule has 0 aliphatic heterocycles. The number of hydrogen-bond acceptors (Lipinski definition) is 2. The van der Waals surface area contributed by atoms with E-state index in [1.165, 1.54) is 5.56 Å². The fourth-order valence-corrected chi connectivity index (χ4v) is 1.91. The van der Waals surface area contributed by atoms with E-state index in [9.17, 15) is 4.79 Å². The van der Waals surface area contributed by atoms with E-state index in [1.54, 1.807) is 0 Å². The summed E-state index contributed by atoms with van der Waals surface area (Å²) in [6.45, 7) is 2.20. The first-order valence-corrected chi connectivity index (χ1v) is 6.29. The van der Waals surface area contributed by atoms with E-state index in [0.29, 0.717) is 0 Å². The number of carbonyl (C=O) groups is 1. The van der Waals surface area contributed by atoms with Crippen molar-refractivity contribution in [1.82, 2.24) is 5.32 Å². The Morgan fingerprint density at radius 3 is 2.59 bits per heavy atom. The van der Waals surface area contributed by atoms with E-state index < -0.39 is 0 Å². The van der Waals surface area contributed by atoms with Crippen LogP contribution in [-0.4, -0.2) is 18.5 Å². The smallest absolute Gasteiger partial charge is 0.233 e. The van der Waals surface area contributed by atoms with Crippen molar-refractivity contribution in [2.45, 2.75) is 38.6 Å². The van der Waals surface area contributed by atoms with Gasteiger partial charge in [0.2, 0.25) is 5.91 Å². The molecule has 0 aliphatic carbocycles. The van der Waals surface area contributed by atoms with Gasteiger partial charge in [0.15, 0.2) is 0 Å². The van der Waals surface area contributed by atoms with Crippen LogP contribution in [0.2, 0.25) is 0 Å². The molecule has 0 fully saturated rings. The Labute approximate surface area is 103 Å². The Hall–Kier alpha value is -1.35. The standard InChI is InChI=1S/C14H22N2O/c1-2-6-13(16-14(17)11-15)10-9-12-7-4-3-5-8-12/h3-5,7-8,13H,2,6,9-11,15H2,1H3,(H,16,17). The van der Waals surface area contributed by atoms with Crippen molar-refractivity contribution in [1.29, 1.82) is 0 Å². The van der Waals surface area contributed by atoms with Gasteiger partial charge in [-0.25, -0.2) is 0 Å². The average Bonchev–Trinajstić information content (AvgIpc) is 2.37. The summed E-state index contributed by atoms with van der Waals surface area (Å²) in [5.74, 6) is -0.0588. The molecule has 0 aromatic heterocycles. The molecule has 0 spiro atoms. The highest BCUT2D eigenvalue weighted by Gasteiger charge is 2.10.